The van der Waals surface area contributed by atoms with Crippen molar-refractivity contribution < 1.29 is 4.79 Å². The summed E-state index contributed by atoms with van der Waals surface area (Å²) in [6.45, 7) is 1.52. The van der Waals surface area contributed by atoms with Crippen LogP contribution in [-0.2, 0) is 0 Å². The molecule has 0 radical (unpaired) electrons. The number of nitrogens with zero attached hydrogens (tertiary/aromatic N) is 2. The molecule has 0 bridgehead atoms. The predicted octanol–water partition coefficient (Wildman–Crippen LogP) is 3.10. The maximum atomic E-state index is 12.0. The maximum absolute atomic E-state index is 12.0. The van der Waals surface area contributed by atoms with Crippen molar-refractivity contribution in [3.8, 4) is 0 Å². The van der Waals surface area contributed by atoms with Crippen LogP contribution >= 0.6 is 15.9 Å². The lowest BCUT2D eigenvalue weighted by atomic mass is 10.2. The van der Waals surface area contributed by atoms with Gasteiger partial charge in [0.15, 0.2) is 0 Å². The number of benzene rings is 1. The van der Waals surface area contributed by atoms with E-state index in [9.17, 15) is 4.79 Å². The van der Waals surface area contributed by atoms with Crippen molar-refractivity contribution >= 4 is 27.5 Å². The van der Waals surface area contributed by atoms with Crippen molar-refractivity contribution in [3.05, 3.63) is 58.8 Å². The molecule has 0 aliphatic carbocycles. The summed E-state index contributed by atoms with van der Waals surface area (Å²) in [4.78, 5) is 18.2. The highest BCUT2D eigenvalue weighted by molar-refractivity contribution is 9.10. The van der Waals surface area contributed by atoms with E-state index < -0.39 is 0 Å². The van der Waals surface area contributed by atoms with Gasteiger partial charge in [0.05, 0.1) is 5.56 Å². The lowest BCUT2D eigenvalue weighted by molar-refractivity contribution is 0.0952. The Balaban J connectivity index is 1.75. The van der Waals surface area contributed by atoms with Crippen LogP contribution in [0.1, 0.15) is 16.8 Å². The summed E-state index contributed by atoms with van der Waals surface area (Å²) in [6.07, 6.45) is 2.53. The van der Waals surface area contributed by atoms with Crippen LogP contribution in [0.5, 0.6) is 0 Å². The summed E-state index contributed by atoms with van der Waals surface area (Å²) in [5, 5.41) is 2.91. The van der Waals surface area contributed by atoms with Gasteiger partial charge in [0.2, 0.25) is 0 Å². The van der Waals surface area contributed by atoms with Crippen molar-refractivity contribution in [2.45, 2.75) is 6.42 Å². The fourth-order valence-corrected chi connectivity index (χ4v) is 2.41. The number of carbonyl (C=O) groups excluding carboxylic acids is 1. The van der Waals surface area contributed by atoms with Gasteiger partial charge in [-0.15, -0.1) is 0 Å². The summed E-state index contributed by atoms with van der Waals surface area (Å²) >= 11 is 3.28. The van der Waals surface area contributed by atoms with Gasteiger partial charge in [-0.25, -0.2) is 4.98 Å². The van der Waals surface area contributed by atoms with Crippen molar-refractivity contribution in [3.63, 3.8) is 0 Å². The van der Waals surface area contributed by atoms with Gasteiger partial charge in [0.25, 0.3) is 5.91 Å². The van der Waals surface area contributed by atoms with E-state index in [1.54, 1.807) is 18.3 Å². The molecule has 1 amide bonds. The molecule has 1 heterocycles. The number of hydrogen-bond acceptors (Lipinski definition) is 3. The third kappa shape index (κ3) is 4.56. The third-order valence-corrected chi connectivity index (χ3v) is 3.79. The number of para-hydroxylation sites is 1. The number of halogens is 1. The number of pyridine rings is 1. The topological polar surface area (TPSA) is 45.2 Å². The monoisotopic (exact) mass is 347 g/mol. The Hall–Kier alpha value is -1.88. The third-order valence-electron chi connectivity index (χ3n) is 3.16. The van der Waals surface area contributed by atoms with E-state index in [0.29, 0.717) is 16.7 Å². The zero-order valence-electron chi connectivity index (χ0n) is 11.9. The van der Waals surface area contributed by atoms with Crippen LogP contribution in [0.15, 0.2) is 53.3 Å². The van der Waals surface area contributed by atoms with E-state index in [1.165, 1.54) is 5.69 Å². The normalized spacial score (nSPS) is 10.2. The molecule has 2 aromatic rings. The first kappa shape index (κ1) is 15.5. The van der Waals surface area contributed by atoms with Crippen LogP contribution in [0, 0.1) is 0 Å². The van der Waals surface area contributed by atoms with Crippen LogP contribution in [0.3, 0.4) is 0 Å². The number of aromatic nitrogens is 1. The molecule has 0 spiro atoms. The fourth-order valence-electron chi connectivity index (χ4n) is 1.98. The van der Waals surface area contributed by atoms with Crippen molar-refractivity contribution in [2.24, 2.45) is 0 Å². The second-order valence-corrected chi connectivity index (χ2v) is 5.46. The van der Waals surface area contributed by atoms with E-state index in [2.05, 4.69) is 50.3 Å². The standard InChI is InChI=1S/C16H18BrN3O/c1-20(13-7-3-2-4-8-13)12-6-11-19-16(21)14-9-5-10-18-15(14)17/h2-5,7-10H,6,11-12H2,1H3,(H,19,21). The van der Waals surface area contributed by atoms with Gasteiger partial charge in [0.1, 0.15) is 4.60 Å². The predicted molar refractivity (Wildman–Crippen MR) is 88.6 cm³/mol. The van der Waals surface area contributed by atoms with E-state index in [1.807, 2.05) is 18.2 Å². The summed E-state index contributed by atoms with van der Waals surface area (Å²) in [5.74, 6) is -0.0997. The van der Waals surface area contributed by atoms with E-state index in [0.717, 1.165) is 13.0 Å². The molecule has 0 fully saturated rings. The first-order valence-corrected chi connectivity index (χ1v) is 7.62. The van der Waals surface area contributed by atoms with E-state index >= 15 is 0 Å². The molecule has 0 aliphatic rings. The average Bonchev–Trinajstić information content (AvgIpc) is 2.52. The van der Waals surface area contributed by atoms with Gasteiger partial charge in [-0.2, -0.15) is 0 Å². The zero-order valence-corrected chi connectivity index (χ0v) is 13.5. The number of amides is 1. The molecule has 1 N–H and O–H groups in total. The molecule has 5 heteroatoms. The number of anilines is 1. The summed E-state index contributed by atoms with van der Waals surface area (Å²) < 4.78 is 0.573. The van der Waals surface area contributed by atoms with Gasteiger partial charge >= 0.3 is 0 Å². The minimum Gasteiger partial charge on any atom is -0.375 e. The summed E-state index contributed by atoms with van der Waals surface area (Å²) in [7, 11) is 2.05. The lowest BCUT2D eigenvalue weighted by Crippen LogP contribution is -2.28. The Morgan fingerprint density at radius 1 is 1.24 bits per heavy atom. The quantitative estimate of drug-likeness (QED) is 0.645. The molecule has 0 saturated heterocycles. The molecule has 21 heavy (non-hydrogen) atoms. The highest BCUT2D eigenvalue weighted by Crippen LogP contribution is 2.12. The molecule has 0 saturated carbocycles. The fraction of sp³-hybridized carbons (Fsp3) is 0.250. The smallest absolute Gasteiger partial charge is 0.254 e. The van der Waals surface area contributed by atoms with Crippen LogP contribution in [0.25, 0.3) is 0 Å². The van der Waals surface area contributed by atoms with Gasteiger partial charge in [-0.3, -0.25) is 4.79 Å². The molecular weight excluding hydrogens is 330 g/mol. The average molecular weight is 348 g/mol. The molecule has 0 aliphatic heterocycles. The molecular formula is C16H18BrN3O. The van der Waals surface area contributed by atoms with Gasteiger partial charge in [0, 0.05) is 32.0 Å². The second kappa shape index (κ2) is 7.78. The first-order chi connectivity index (χ1) is 10.2. The van der Waals surface area contributed by atoms with Crippen molar-refractivity contribution in [1.29, 1.82) is 0 Å². The number of nitrogens with one attached hydrogen (secondary N) is 1. The molecule has 0 unspecified atom stereocenters. The molecule has 1 aromatic heterocycles. The molecule has 0 atom stereocenters. The lowest BCUT2D eigenvalue weighted by Gasteiger charge is -2.19. The minimum atomic E-state index is -0.0997. The van der Waals surface area contributed by atoms with Gasteiger partial charge < -0.3 is 10.2 Å². The Labute approximate surface area is 133 Å². The Morgan fingerprint density at radius 3 is 2.71 bits per heavy atom. The summed E-state index contributed by atoms with van der Waals surface area (Å²) in [5.41, 5.74) is 1.74. The van der Waals surface area contributed by atoms with Crippen LogP contribution in [0.2, 0.25) is 0 Å². The van der Waals surface area contributed by atoms with Crippen LogP contribution in [-0.4, -0.2) is 31.0 Å². The second-order valence-electron chi connectivity index (χ2n) is 4.71. The highest BCUT2D eigenvalue weighted by atomic mass is 79.9. The molecule has 2 rings (SSSR count). The van der Waals surface area contributed by atoms with Gasteiger partial charge in [-0.1, -0.05) is 18.2 Å². The number of rotatable bonds is 6. The minimum absolute atomic E-state index is 0.0997. The number of carbonyl (C=O) groups is 1. The van der Waals surface area contributed by atoms with Gasteiger partial charge in [-0.05, 0) is 46.6 Å². The maximum Gasteiger partial charge on any atom is 0.254 e. The SMILES string of the molecule is CN(CCCNC(=O)c1cccnc1Br)c1ccccc1. The number of hydrogen-bond donors (Lipinski definition) is 1. The zero-order chi connectivity index (χ0) is 15.1. The van der Waals surface area contributed by atoms with Crippen LogP contribution in [0.4, 0.5) is 5.69 Å². The van der Waals surface area contributed by atoms with Crippen molar-refractivity contribution in [1.82, 2.24) is 10.3 Å². The van der Waals surface area contributed by atoms with Crippen LogP contribution < -0.4 is 10.2 Å². The van der Waals surface area contributed by atoms with Crippen molar-refractivity contribution in [2.75, 3.05) is 25.0 Å². The summed E-state index contributed by atoms with van der Waals surface area (Å²) in [6, 6.07) is 13.7. The first-order valence-electron chi connectivity index (χ1n) is 6.83. The van der Waals surface area contributed by atoms with E-state index in [-0.39, 0.29) is 5.91 Å². The molecule has 1 aromatic carbocycles. The van der Waals surface area contributed by atoms with E-state index in [4.69, 9.17) is 0 Å². The molecule has 4 nitrogen and oxygen atoms in total. The Bertz CT molecular complexity index is 589. The Kier molecular flexibility index (Phi) is 5.75. The Morgan fingerprint density at radius 2 is 2.00 bits per heavy atom. The molecule has 110 valence electrons. The largest absolute Gasteiger partial charge is 0.375 e. The highest BCUT2D eigenvalue weighted by Gasteiger charge is 2.09.